The Labute approximate surface area is 144 Å². The summed E-state index contributed by atoms with van der Waals surface area (Å²) >= 11 is 5.39. The monoisotopic (exact) mass is 338 g/mol. The van der Waals surface area contributed by atoms with Gasteiger partial charge in [0, 0.05) is 5.56 Å². The molecule has 1 aliphatic rings. The maximum absolute atomic E-state index is 12.3. The number of hydrogen-bond donors (Lipinski definition) is 0. The second-order valence-corrected chi connectivity index (χ2v) is 5.72. The van der Waals surface area contributed by atoms with Crippen molar-refractivity contribution in [3.8, 4) is 0 Å². The van der Waals surface area contributed by atoms with Gasteiger partial charge in [-0.1, -0.05) is 18.2 Å². The molecule has 120 valence electrons. The van der Waals surface area contributed by atoms with Crippen LogP contribution in [0.5, 0.6) is 0 Å². The third kappa shape index (κ3) is 2.83. The number of amides is 2. The lowest BCUT2D eigenvalue weighted by Gasteiger charge is -2.35. The Morgan fingerprint density at radius 2 is 1.38 bits per heavy atom. The van der Waals surface area contributed by atoms with Gasteiger partial charge in [0.2, 0.25) is 11.8 Å². The van der Waals surface area contributed by atoms with E-state index in [2.05, 4.69) is 0 Å². The van der Waals surface area contributed by atoms with Crippen LogP contribution in [0.25, 0.3) is 0 Å². The lowest BCUT2D eigenvalue weighted by molar-refractivity contribution is -0.126. The Kier molecular flexibility index (Phi) is 4.22. The van der Waals surface area contributed by atoms with E-state index in [9.17, 15) is 14.4 Å². The van der Waals surface area contributed by atoms with Crippen molar-refractivity contribution in [3.63, 3.8) is 0 Å². The molecule has 1 fully saturated rings. The normalized spacial score (nSPS) is 15.0. The van der Waals surface area contributed by atoms with Gasteiger partial charge >= 0.3 is 0 Å². The summed E-state index contributed by atoms with van der Waals surface area (Å²) in [6, 6.07) is 15.5. The topological polar surface area (TPSA) is 57.7 Å². The average Bonchev–Trinajstić information content (AvgIpc) is 2.56. The van der Waals surface area contributed by atoms with Gasteiger partial charge in [0.15, 0.2) is 10.9 Å². The van der Waals surface area contributed by atoms with Crippen molar-refractivity contribution in [2.24, 2.45) is 0 Å². The van der Waals surface area contributed by atoms with E-state index in [1.54, 1.807) is 48.5 Å². The fourth-order valence-corrected chi connectivity index (χ4v) is 2.95. The van der Waals surface area contributed by atoms with Crippen molar-refractivity contribution in [2.75, 3.05) is 9.80 Å². The minimum atomic E-state index is -0.382. The van der Waals surface area contributed by atoms with Crippen molar-refractivity contribution >= 4 is 46.3 Å². The summed E-state index contributed by atoms with van der Waals surface area (Å²) in [6.07, 6.45) is -0.260. The Hall–Kier alpha value is -2.86. The van der Waals surface area contributed by atoms with Crippen LogP contribution in [0.2, 0.25) is 0 Å². The zero-order chi connectivity index (χ0) is 17.3. The maximum atomic E-state index is 12.3. The summed E-state index contributed by atoms with van der Waals surface area (Å²) in [5.74, 6) is -0.796. The molecule has 0 aromatic heterocycles. The van der Waals surface area contributed by atoms with Crippen LogP contribution in [0.1, 0.15) is 23.7 Å². The quantitative estimate of drug-likeness (QED) is 0.490. The number of ketones is 1. The van der Waals surface area contributed by atoms with Crippen LogP contribution >= 0.6 is 12.2 Å². The molecular formula is C18H14N2O3S. The van der Waals surface area contributed by atoms with Crippen LogP contribution in [-0.4, -0.2) is 22.7 Å². The van der Waals surface area contributed by atoms with Gasteiger partial charge in [-0.15, -0.1) is 0 Å². The highest BCUT2D eigenvalue weighted by atomic mass is 32.1. The summed E-state index contributed by atoms with van der Waals surface area (Å²) in [5, 5.41) is 0.109. The molecule has 0 spiro atoms. The third-order valence-electron chi connectivity index (χ3n) is 3.73. The van der Waals surface area contributed by atoms with Crippen molar-refractivity contribution in [1.29, 1.82) is 0 Å². The predicted octanol–water partition coefficient (Wildman–Crippen LogP) is 2.94. The highest BCUT2D eigenvalue weighted by molar-refractivity contribution is 7.81. The first-order valence-corrected chi connectivity index (χ1v) is 7.76. The van der Waals surface area contributed by atoms with E-state index in [1.165, 1.54) is 16.7 Å². The van der Waals surface area contributed by atoms with Crippen molar-refractivity contribution < 1.29 is 14.4 Å². The SMILES string of the molecule is CC(=O)c1ccc(N2C(=O)CC(=O)N(c3ccccc3)C2=S)cc1. The molecule has 3 rings (SSSR count). The summed E-state index contributed by atoms with van der Waals surface area (Å²) in [7, 11) is 0. The molecular weight excluding hydrogens is 324 g/mol. The van der Waals surface area contributed by atoms with E-state index in [4.69, 9.17) is 12.2 Å². The number of para-hydroxylation sites is 1. The fraction of sp³-hybridized carbons (Fsp3) is 0.111. The lowest BCUT2D eigenvalue weighted by Crippen LogP contribution is -2.55. The van der Waals surface area contributed by atoms with Crippen LogP contribution in [-0.2, 0) is 9.59 Å². The van der Waals surface area contributed by atoms with E-state index in [-0.39, 0.29) is 29.1 Å². The van der Waals surface area contributed by atoms with E-state index in [0.29, 0.717) is 16.9 Å². The van der Waals surface area contributed by atoms with Gasteiger partial charge in [0.1, 0.15) is 6.42 Å². The number of nitrogens with zero attached hydrogens (tertiary/aromatic N) is 2. The van der Waals surface area contributed by atoms with E-state index < -0.39 is 0 Å². The molecule has 1 aliphatic heterocycles. The molecule has 6 heteroatoms. The number of anilines is 2. The van der Waals surface area contributed by atoms with Gasteiger partial charge < -0.3 is 0 Å². The molecule has 5 nitrogen and oxygen atoms in total. The molecule has 1 saturated heterocycles. The number of carbonyl (C=O) groups excluding carboxylic acids is 3. The molecule has 0 saturated carbocycles. The first kappa shape index (κ1) is 16.0. The first-order chi connectivity index (χ1) is 11.5. The molecule has 0 N–H and O–H groups in total. The molecule has 2 aromatic carbocycles. The van der Waals surface area contributed by atoms with E-state index in [0.717, 1.165) is 0 Å². The number of thiocarbonyl (C=S) groups is 1. The molecule has 0 unspecified atom stereocenters. The molecule has 0 radical (unpaired) electrons. The lowest BCUT2D eigenvalue weighted by atomic mass is 10.1. The summed E-state index contributed by atoms with van der Waals surface area (Å²) in [6.45, 7) is 1.47. The number of carbonyl (C=O) groups is 3. The summed E-state index contributed by atoms with van der Waals surface area (Å²) < 4.78 is 0. The van der Waals surface area contributed by atoms with E-state index >= 15 is 0 Å². The van der Waals surface area contributed by atoms with Gasteiger partial charge in [-0.3, -0.25) is 24.2 Å². The van der Waals surface area contributed by atoms with Gasteiger partial charge in [-0.05, 0) is 55.5 Å². The van der Waals surface area contributed by atoms with Gasteiger partial charge in [-0.2, -0.15) is 0 Å². The van der Waals surface area contributed by atoms with Crippen molar-refractivity contribution in [3.05, 3.63) is 60.2 Å². The van der Waals surface area contributed by atoms with E-state index in [1.807, 2.05) is 6.07 Å². The summed E-state index contributed by atoms with van der Waals surface area (Å²) in [5.41, 5.74) is 1.69. The van der Waals surface area contributed by atoms with Crippen LogP contribution in [0.3, 0.4) is 0 Å². The first-order valence-electron chi connectivity index (χ1n) is 7.35. The molecule has 0 atom stereocenters. The summed E-state index contributed by atoms with van der Waals surface area (Å²) in [4.78, 5) is 38.7. The fourth-order valence-electron chi connectivity index (χ4n) is 2.53. The highest BCUT2D eigenvalue weighted by Gasteiger charge is 2.36. The smallest absolute Gasteiger partial charge is 0.242 e. The Bertz CT molecular complexity index is 831. The second kappa shape index (κ2) is 6.33. The second-order valence-electron chi connectivity index (χ2n) is 5.36. The van der Waals surface area contributed by atoms with Crippen molar-refractivity contribution in [1.82, 2.24) is 0 Å². The van der Waals surface area contributed by atoms with Gasteiger partial charge in [-0.25, -0.2) is 0 Å². The highest BCUT2D eigenvalue weighted by Crippen LogP contribution is 2.26. The Morgan fingerprint density at radius 1 is 0.875 bits per heavy atom. The molecule has 24 heavy (non-hydrogen) atoms. The average molecular weight is 338 g/mol. The number of Topliss-reactive ketones (excluding diaryl/α,β-unsaturated/α-hetero) is 1. The predicted molar refractivity (Wildman–Crippen MR) is 95.1 cm³/mol. The molecule has 1 heterocycles. The third-order valence-corrected chi connectivity index (χ3v) is 4.10. The molecule has 0 bridgehead atoms. The van der Waals surface area contributed by atoms with Gasteiger partial charge in [0.05, 0.1) is 11.4 Å². The van der Waals surface area contributed by atoms with Gasteiger partial charge in [0.25, 0.3) is 0 Å². The largest absolute Gasteiger partial charge is 0.295 e. The minimum Gasteiger partial charge on any atom is -0.295 e. The van der Waals surface area contributed by atoms with Crippen LogP contribution in [0, 0.1) is 0 Å². The maximum Gasteiger partial charge on any atom is 0.242 e. The zero-order valence-corrected chi connectivity index (χ0v) is 13.7. The molecule has 2 aromatic rings. The number of hydrogen-bond acceptors (Lipinski definition) is 4. The Balaban J connectivity index is 1.98. The number of rotatable bonds is 3. The van der Waals surface area contributed by atoms with Crippen LogP contribution in [0.4, 0.5) is 11.4 Å². The minimum absolute atomic E-state index is 0.0600. The standard InChI is InChI=1S/C18H14N2O3S/c1-12(21)13-7-9-15(10-8-13)20-17(23)11-16(22)19(18(20)24)14-5-3-2-4-6-14/h2-10H,11H2,1H3. The zero-order valence-electron chi connectivity index (χ0n) is 12.9. The molecule has 2 amide bonds. The van der Waals surface area contributed by atoms with Crippen LogP contribution in [0.15, 0.2) is 54.6 Å². The Morgan fingerprint density at radius 3 is 1.88 bits per heavy atom. The molecule has 0 aliphatic carbocycles. The number of benzene rings is 2. The van der Waals surface area contributed by atoms with Crippen molar-refractivity contribution in [2.45, 2.75) is 13.3 Å². The van der Waals surface area contributed by atoms with Crippen LogP contribution < -0.4 is 9.80 Å².